The predicted molar refractivity (Wildman–Crippen MR) is 139 cm³/mol. The Morgan fingerprint density at radius 1 is 1.09 bits per heavy atom. The molecule has 0 bridgehead atoms. The maximum atomic E-state index is 13.6. The predicted octanol–water partition coefficient (Wildman–Crippen LogP) is 5.30. The highest BCUT2D eigenvalue weighted by atomic mass is 35.5. The minimum Gasteiger partial charge on any atom is -0.383 e. The molecule has 0 unspecified atom stereocenters. The van der Waals surface area contributed by atoms with Crippen LogP contribution in [0.5, 0.6) is 0 Å². The van der Waals surface area contributed by atoms with Gasteiger partial charge in [0, 0.05) is 31.0 Å². The molecule has 0 saturated heterocycles. The fourth-order valence-corrected chi connectivity index (χ4v) is 5.04. The molecule has 2 aromatic rings. The molecule has 0 N–H and O–H groups in total. The zero-order chi connectivity index (χ0) is 24.9. The number of hydrogen-bond donors (Lipinski definition) is 0. The Bertz CT molecular complexity index is 1090. The van der Waals surface area contributed by atoms with E-state index in [-0.39, 0.29) is 30.3 Å². The first kappa shape index (κ1) is 25.4. The highest BCUT2D eigenvalue weighted by Gasteiger charge is 2.35. The van der Waals surface area contributed by atoms with E-state index in [0.717, 1.165) is 42.5 Å². The number of benzene rings is 2. The van der Waals surface area contributed by atoms with E-state index in [1.54, 1.807) is 17.0 Å². The third-order valence-corrected chi connectivity index (χ3v) is 7.42. The second kappa shape index (κ2) is 11.4. The first-order valence-corrected chi connectivity index (χ1v) is 12.8. The second-order valence-electron chi connectivity index (χ2n) is 9.59. The summed E-state index contributed by atoms with van der Waals surface area (Å²) in [4.78, 5) is 28.5. The van der Waals surface area contributed by atoms with E-state index < -0.39 is 0 Å². The van der Waals surface area contributed by atoms with Crippen LogP contribution in [0.25, 0.3) is 0 Å². The number of ether oxygens (including phenoxy) is 1. The third-order valence-electron chi connectivity index (χ3n) is 7.17. The van der Waals surface area contributed by atoms with Gasteiger partial charge in [-0.25, -0.2) is 5.01 Å². The lowest BCUT2D eigenvalue weighted by Crippen LogP contribution is -2.44. The van der Waals surface area contributed by atoms with E-state index in [4.69, 9.17) is 21.4 Å². The summed E-state index contributed by atoms with van der Waals surface area (Å²) in [6, 6.07) is 13.6. The summed E-state index contributed by atoms with van der Waals surface area (Å²) in [5, 5.41) is 7.01. The number of carbonyl (C=O) groups is 2. The molecule has 0 aromatic heterocycles. The lowest BCUT2D eigenvalue weighted by atomic mass is 9.96. The van der Waals surface area contributed by atoms with Gasteiger partial charge in [0.15, 0.2) is 0 Å². The monoisotopic (exact) mass is 495 g/mol. The van der Waals surface area contributed by atoms with Gasteiger partial charge in [0.1, 0.15) is 6.54 Å². The van der Waals surface area contributed by atoms with Crippen molar-refractivity contribution in [1.82, 2.24) is 9.91 Å². The molecule has 1 saturated carbocycles. The van der Waals surface area contributed by atoms with Gasteiger partial charge in [0.2, 0.25) is 5.91 Å². The average Bonchev–Trinajstić information content (AvgIpc) is 3.54. The molecule has 4 rings (SSSR count). The van der Waals surface area contributed by atoms with Crippen molar-refractivity contribution in [2.24, 2.45) is 11.0 Å². The van der Waals surface area contributed by atoms with Gasteiger partial charge in [-0.1, -0.05) is 48.7 Å². The van der Waals surface area contributed by atoms with E-state index in [1.165, 1.54) is 11.1 Å². The van der Waals surface area contributed by atoms with E-state index in [1.807, 2.05) is 24.3 Å². The number of nitrogens with zero attached hydrogens (tertiary/aromatic N) is 3. The molecule has 35 heavy (non-hydrogen) atoms. The van der Waals surface area contributed by atoms with Crippen LogP contribution in [0, 0.1) is 19.8 Å². The van der Waals surface area contributed by atoms with Crippen molar-refractivity contribution in [3.8, 4) is 0 Å². The topological polar surface area (TPSA) is 62.2 Å². The van der Waals surface area contributed by atoms with E-state index in [0.29, 0.717) is 24.6 Å². The molecular weight excluding hydrogens is 462 g/mol. The standard InChI is InChI=1S/C28H34ClN3O3/c1-19-8-9-23(16-20(19)2)25-17-26(21-10-12-24(29)13-11-21)32(30-25)27(33)18-31(14-15-35-3)28(34)22-6-4-5-7-22/h8-13,16,22,26H,4-7,14-15,17-18H2,1-3H3/t26-/m0/s1. The summed E-state index contributed by atoms with van der Waals surface area (Å²) >= 11 is 6.12. The molecule has 0 radical (unpaired) electrons. The molecule has 2 amide bonds. The van der Waals surface area contributed by atoms with E-state index >= 15 is 0 Å². The number of carbonyl (C=O) groups excluding carboxylic acids is 2. The van der Waals surface area contributed by atoms with Gasteiger partial charge in [-0.15, -0.1) is 0 Å². The maximum Gasteiger partial charge on any atom is 0.262 e. The quantitative estimate of drug-likeness (QED) is 0.499. The molecule has 1 aliphatic heterocycles. The number of aryl methyl sites for hydroxylation is 2. The Morgan fingerprint density at radius 3 is 2.46 bits per heavy atom. The summed E-state index contributed by atoms with van der Waals surface area (Å²) in [6.07, 6.45) is 4.52. The van der Waals surface area contributed by atoms with Gasteiger partial charge in [-0.2, -0.15) is 5.10 Å². The molecule has 1 heterocycles. The van der Waals surface area contributed by atoms with Gasteiger partial charge in [-0.3, -0.25) is 9.59 Å². The number of hydrogen-bond acceptors (Lipinski definition) is 4. The smallest absolute Gasteiger partial charge is 0.262 e. The van der Waals surface area contributed by atoms with Crippen molar-refractivity contribution in [3.05, 3.63) is 69.7 Å². The summed E-state index contributed by atoms with van der Waals surface area (Å²) < 4.78 is 5.23. The maximum absolute atomic E-state index is 13.6. The molecule has 2 aliphatic rings. The Kier molecular flexibility index (Phi) is 8.24. The van der Waals surface area contributed by atoms with Gasteiger partial charge in [0.05, 0.1) is 18.4 Å². The second-order valence-corrected chi connectivity index (χ2v) is 10.0. The SMILES string of the molecule is COCCN(CC(=O)N1N=C(c2ccc(C)c(C)c2)C[C@H]1c1ccc(Cl)cc1)C(=O)C1CCCC1. The molecule has 1 atom stereocenters. The Labute approximate surface area is 212 Å². The van der Waals surface area contributed by atoms with Crippen molar-refractivity contribution in [2.75, 3.05) is 26.8 Å². The minimum atomic E-state index is -0.248. The van der Waals surface area contributed by atoms with Crippen LogP contribution in [0.4, 0.5) is 0 Å². The summed E-state index contributed by atoms with van der Waals surface area (Å²) in [7, 11) is 1.61. The third kappa shape index (κ3) is 5.93. The number of amides is 2. The normalized spacial score (nSPS) is 18.1. The molecule has 1 aliphatic carbocycles. The zero-order valence-electron chi connectivity index (χ0n) is 20.8. The average molecular weight is 496 g/mol. The molecule has 0 spiro atoms. The molecule has 2 aromatic carbocycles. The number of rotatable bonds is 8. The van der Waals surface area contributed by atoms with Crippen molar-refractivity contribution >= 4 is 29.1 Å². The van der Waals surface area contributed by atoms with Crippen LogP contribution in [0.2, 0.25) is 5.02 Å². The van der Waals surface area contributed by atoms with Crippen molar-refractivity contribution < 1.29 is 14.3 Å². The minimum absolute atomic E-state index is 0.0000998. The van der Waals surface area contributed by atoms with Gasteiger partial charge < -0.3 is 9.64 Å². The molecular formula is C28H34ClN3O3. The first-order chi connectivity index (χ1) is 16.9. The van der Waals surface area contributed by atoms with Gasteiger partial charge in [0.25, 0.3) is 5.91 Å². The Hall–Kier alpha value is -2.70. The van der Waals surface area contributed by atoms with Gasteiger partial charge in [-0.05, 0) is 67.1 Å². The summed E-state index contributed by atoms with van der Waals surface area (Å²) in [5.41, 5.74) is 5.25. The van der Waals surface area contributed by atoms with Crippen LogP contribution in [-0.4, -0.2) is 54.2 Å². The highest BCUT2D eigenvalue weighted by Crippen LogP contribution is 2.34. The summed E-state index contributed by atoms with van der Waals surface area (Å²) in [6.45, 7) is 4.94. The van der Waals surface area contributed by atoms with Crippen LogP contribution < -0.4 is 0 Å². The molecule has 7 heteroatoms. The number of hydrazone groups is 1. The van der Waals surface area contributed by atoms with Crippen LogP contribution >= 0.6 is 11.6 Å². The van der Waals surface area contributed by atoms with Gasteiger partial charge >= 0.3 is 0 Å². The first-order valence-electron chi connectivity index (χ1n) is 12.4. The highest BCUT2D eigenvalue weighted by molar-refractivity contribution is 6.30. The largest absolute Gasteiger partial charge is 0.383 e. The van der Waals surface area contributed by atoms with Crippen molar-refractivity contribution in [2.45, 2.75) is 52.0 Å². The Morgan fingerprint density at radius 2 is 1.80 bits per heavy atom. The Balaban J connectivity index is 1.61. The lowest BCUT2D eigenvalue weighted by molar-refractivity contribution is -0.144. The van der Waals surface area contributed by atoms with Crippen molar-refractivity contribution in [1.29, 1.82) is 0 Å². The van der Waals surface area contributed by atoms with E-state index in [9.17, 15) is 9.59 Å². The molecule has 6 nitrogen and oxygen atoms in total. The lowest BCUT2D eigenvalue weighted by Gasteiger charge is -2.28. The van der Waals surface area contributed by atoms with E-state index in [2.05, 4.69) is 32.0 Å². The molecule has 1 fully saturated rings. The molecule has 186 valence electrons. The zero-order valence-corrected chi connectivity index (χ0v) is 21.6. The fraction of sp³-hybridized carbons (Fsp3) is 0.464. The number of halogens is 1. The van der Waals surface area contributed by atoms with Crippen LogP contribution in [0.15, 0.2) is 47.6 Å². The van der Waals surface area contributed by atoms with Crippen molar-refractivity contribution in [3.63, 3.8) is 0 Å². The summed E-state index contributed by atoms with van der Waals surface area (Å²) in [5.74, 6) is -0.139. The number of methoxy groups -OCH3 is 1. The fourth-order valence-electron chi connectivity index (χ4n) is 4.92. The van der Waals surface area contributed by atoms with Crippen LogP contribution in [0.3, 0.4) is 0 Å². The van der Waals surface area contributed by atoms with Crippen LogP contribution in [0.1, 0.15) is 60.4 Å². The van der Waals surface area contributed by atoms with Crippen LogP contribution in [-0.2, 0) is 14.3 Å².